The molecule has 1 aromatic carbocycles. The van der Waals surface area contributed by atoms with Crippen LogP contribution < -0.4 is 10.5 Å². The molecule has 9 heteroatoms. The van der Waals surface area contributed by atoms with E-state index in [0.29, 0.717) is 41.4 Å². The molecule has 0 radical (unpaired) electrons. The fourth-order valence-electron chi connectivity index (χ4n) is 4.78. The van der Waals surface area contributed by atoms with Gasteiger partial charge in [0, 0.05) is 28.7 Å². The molecule has 0 spiro atoms. The van der Waals surface area contributed by atoms with Crippen molar-refractivity contribution in [1.82, 2.24) is 24.6 Å². The lowest BCUT2D eigenvalue weighted by Crippen LogP contribution is -2.30. The number of H-pyrrole nitrogens is 1. The molecule has 1 aliphatic carbocycles. The molecular formula is C23H21BrN6O2. The summed E-state index contributed by atoms with van der Waals surface area (Å²) in [5.41, 5.74) is 4.03. The van der Waals surface area contributed by atoms with Crippen LogP contribution in [0.15, 0.2) is 33.7 Å². The first kappa shape index (κ1) is 19.6. The second kappa shape index (κ2) is 7.23. The van der Waals surface area contributed by atoms with Crippen LogP contribution in [-0.4, -0.2) is 37.0 Å². The molecule has 0 saturated heterocycles. The maximum atomic E-state index is 13.6. The zero-order chi connectivity index (χ0) is 22.0. The molecule has 1 fully saturated rings. The largest absolute Gasteiger partial charge is 0.317 e. The van der Waals surface area contributed by atoms with Gasteiger partial charge in [0.05, 0.1) is 11.0 Å². The Labute approximate surface area is 191 Å². The van der Waals surface area contributed by atoms with E-state index in [9.17, 15) is 9.59 Å². The molecule has 4 aromatic rings. The number of aryl methyl sites for hydroxylation is 1. The van der Waals surface area contributed by atoms with Gasteiger partial charge in [-0.15, -0.1) is 10.2 Å². The first-order valence-electron chi connectivity index (χ1n) is 11.0. The molecular weight excluding hydrogens is 472 g/mol. The van der Waals surface area contributed by atoms with Gasteiger partial charge >= 0.3 is 0 Å². The van der Waals surface area contributed by atoms with Crippen molar-refractivity contribution >= 4 is 44.3 Å². The lowest BCUT2D eigenvalue weighted by atomic mass is 9.85. The van der Waals surface area contributed by atoms with E-state index in [4.69, 9.17) is 0 Å². The average molecular weight is 493 g/mol. The lowest BCUT2D eigenvalue weighted by molar-refractivity contribution is 0.0988. The van der Waals surface area contributed by atoms with Gasteiger partial charge in [-0.05, 0) is 70.9 Å². The highest BCUT2D eigenvalue weighted by atomic mass is 79.9. The Kier molecular flexibility index (Phi) is 4.43. The summed E-state index contributed by atoms with van der Waals surface area (Å²) in [5, 5.41) is 8.50. The minimum Gasteiger partial charge on any atom is -0.317 e. The van der Waals surface area contributed by atoms with Crippen molar-refractivity contribution in [2.75, 3.05) is 11.4 Å². The van der Waals surface area contributed by atoms with Crippen molar-refractivity contribution in [3.8, 4) is 0 Å². The predicted molar refractivity (Wildman–Crippen MR) is 124 cm³/mol. The highest BCUT2D eigenvalue weighted by Crippen LogP contribution is 2.36. The lowest BCUT2D eigenvalue weighted by Gasteiger charge is -2.24. The molecule has 0 unspecified atom stereocenters. The zero-order valence-corrected chi connectivity index (χ0v) is 19.1. The Morgan fingerprint density at radius 3 is 2.84 bits per heavy atom. The highest BCUT2D eigenvalue weighted by molar-refractivity contribution is 9.10. The van der Waals surface area contributed by atoms with Crippen LogP contribution in [0.5, 0.6) is 0 Å². The van der Waals surface area contributed by atoms with Crippen LogP contribution in [0.4, 0.5) is 5.82 Å². The van der Waals surface area contributed by atoms with E-state index in [-0.39, 0.29) is 11.5 Å². The quantitative estimate of drug-likeness (QED) is 0.469. The van der Waals surface area contributed by atoms with Crippen LogP contribution in [-0.2, 0) is 12.8 Å². The van der Waals surface area contributed by atoms with Gasteiger partial charge in [0.25, 0.3) is 11.5 Å². The molecule has 2 aliphatic rings. The molecule has 1 N–H and O–H groups in total. The van der Waals surface area contributed by atoms with Crippen LogP contribution in [0, 0.1) is 0 Å². The summed E-state index contributed by atoms with van der Waals surface area (Å²) in [6.45, 7) is 2.62. The van der Waals surface area contributed by atoms with E-state index >= 15 is 0 Å². The second-order valence-electron chi connectivity index (χ2n) is 8.52. The van der Waals surface area contributed by atoms with Gasteiger partial charge in [-0.25, -0.2) is 4.98 Å². The predicted octanol–water partition coefficient (Wildman–Crippen LogP) is 3.76. The van der Waals surface area contributed by atoms with E-state index in [1.165, 1.54) is 6.42 Å². The number of fused-ring (bicyclic) bond motifs is 4. The summed E-state index contributed by atoms with van der Waals surface area (Å²) >= 11 is 3.45. The summed E-state index contributed by atoms with van der Waals surface area (Å²) in [7, 11) is 0. The molecule has 0 bridgehead atoms. The standard InChI is InChI=1S/C23H21BrN6O2/c1-2-12-9-18-17(26-22(31)21-28-27-20(30(18)21)13-4-3-5-13)10-16(12)23(32)29-7-6-14-8-15(24)11-25-19(14)29/h8-11,13H,2-7H2,1H3,(H,26,31). The summed E-state index contributed by atoms with van der Waals surface area (Å²) in [5.74, 6) is 1.77. The number of amides is 1. The van der Waals surface area contributed by atoms with Crippen molar-refractivity contribution in [3.63, 3.8) is 0 Å². The van der Waals surface area contributed by atoms with E-state index in [1.807, 2.05) is 23.5 Å². The molecule has 1 aliphatic heterocycles. The molecule has 6 rings (SSSR count). The van der Waals surface area contributed by atoms with Crippen LogP contribution in [0.3, 0.4) is 0 Å². The number of hydrogen-bond donors (Lipinski definition) is 1. The minimum absolute atomic E-state index is 0.0961. The number of hydrogen-bond acceptors (Lipinski definition) is 5. The van der Waals surface area contributed by atoms with Crippen molar-refractivity contribution in [1.29, 1.82) is 0 Å². The number of carbonyl (C=O) groups excluding carboxylic acids is 1. The van der Waals surface area contributed by atoms with Crippen LogP contribution in [0.2, 0.25) is 0 Å². The Morgan fingerprint density at radius 1 is 1.25 bits per heavy atom. The summed E-state index contributed by atoms with van der Waals surface area (Å²) in [4.78, 5) is 35.5. The Bertz CT molecular complexity index is 1470. The number of carbonyl (C=O) groups is 1. The van der Waals surface area contributed by atoms with Crippen molar-refractivity contribution in [2.45, 2.75) is 44.9 Å². The number of rotatable bonds is 3. The van der Waals surface area contributed by atoms with Crippen LogP contribution in [0.1, 0.15) is 59.4 Å². The molecule has 3 aromatic heterocycles. The molecule has 162 valence electrons. The van der Waals surface area contributed by atoms with Crippen LogP contribution >= 0.6 is 15.9 Å². The van der Waals surface area contributed by atoms with Crippen LogP contribution in [0.25, 0.3) is 16.7 Å². The summed E-state index contributed by atoms with van der Waals surface area (Å²) < 4.78 is 2.79. The average Bonchev–Trinajstić information content (AvgIpc) is 3.36. The molecule has 1 amide bonds. The van der Waals surface area contributed by atoms with Gasteiger partial charge in [0.1, 0.15) is 11.6 Å². The number of benzene rings is 1. The zero-order valence-electron chi connectivity index (χ0n) is 17.6. The Morgan fingerprint density at radius 2 is 2.09 bits per heavy atom. The van der Waals surface area contributed by atoms with Gasteiger partial charge in [-0.1, -0.05) is 13.3 Å². The summed E-state index contributed by atoms with van der Waals surface area (Å²) in [6, 6.07) is 5.82. The van der Waals surface area contributed by atoms with Gasteiger partial charge < -0.3 is 4.98 Å². The Hall–Kier alpha value is -3.07. The first-order valence-corrected chi connectivity index (χ1v) is 11.7. The topological polar surface area (TPSA) is 96.2 Å². The normalized spacial score (nSPS) is 16.0. The number of halogens is 1. The maximum Gasteiger partial charge on any atom is 0.294 e. The molecule has 8 nitrogen and oxygen atoms in total. The number of nitrogens with one attached hydrogen (secondary N) is 1. The fourth-order valence-corrected chi connectivity index (χ4v) is 5.16. The third-order valence-corrected chi connectivity index (χ3v) is 7.13. The number of aromatic nitrogens is 5. The van der Waals surface area contributed by atoms with Gasteiger partial charge in [0.15, 0.2) is 0 Å². The monoisotopic (exact) mass is 492 g/mol. The fraction of sp³-hybridized carbons (Fsp3) is 0.348. The van der Waals surface area contributed by atoms with E-state index in [1.54, 1.807) is 17.2 Å². The molecule has 0 atom stereocenters. The van der Waals surface area contributed by atoms with E-state index in [2.05, 4.69) is 36.1 Å². The number of aromatic amines is 1. The third kappa shape index (κ3) is 2.83. The first-order chi connectivity index (χ1) is 15.5. The van der Waals surface area contributed by atoms with E-state index < -0.39 is 0 Å². The second-order valence-corrected chi connectivity index (χ2v) is 9.44. The number of anilines is 1. The van der Waals surface area contributed by atoms with Gasteiger partial charge in [0.2, 0.25) is 5.65 Å². The van der Waals surface area contributed by atoms with Gasteiger partial charge in [-0.3, -0.25) is 18.9 Å². The summed E-state index contributed by atoms with van der Waals surface area (Å²) in [6.07, 6.45) is 6.46. The smallest absolute Gasteiger partial charge is 0.294 e. The third-order valence-electron chi connectivity index (χ3n) is 6.70. The van der Waals surface area contributed by atoms with Crippen molar-refractivity contribution < 1.29 is 4.79 Å². The minimum atomic E-state index is -0.295. The molecule has 4 heterocycles. The molecule has 32 heavy (non-hydrogen) atoms. The number of nitrogens with zero attached hydrogens (tertiary/aromatic N) is 5. The van der Waals surface area contributed by atoms with Crippen molar-refractivity contribution in [2.24, 2.45) is 0 Å². The molecule has 1 saturated carbocycles. The number of pyridine rings is 1. The van der Waals surface area contributed by atoms with Crippen molar-refractivity contribution in [3.05, 3.63) is 61.7 Å². The Balaban J connectivity index is 1.52. The SMILES string of the molecule is CCc1cc2c(cc1C(=O)N1CCc3cc(Br)cnc31)[nH]c(=O)c1nnc(C3CCC3)n12. The maximum absolute atomic E-state index is 13.6. The van der Waals surface area contributed by atoms with Gasteiger partial charge in [-0.2, -0.15) is 0 Å². The highest BCUT2D eigenvalue weighted by Gasteiger charge is 2.30. The van der Waals surface area contributed by atoms with E-state index in [0.717, 1.165) is 46.2 Å².